The first-order chi connectivity index (χ1) is 16.9. The molecule has 1 atom stereocenters. The first-order valence-electron chi connectivity index (χ1n) is 11.9. The summed E-state index contributed by atoms with van der Waals surface area (Å²) in [7, 11) is 0. The Hall–Kier alpha value is -3.60. The summed E-state index contributed by atoms with van der Waals surface area (Å²) in [6, 6.07) is 13.2. The van der Waals surface area contributed by atoms with E-state index in [1.807, 2.05) is 6.92 Å². The van der Waals surface area contributed by atoms with Gasteiger partial charge in [-0.15, -0.1) is 0 Å². The maximum Gasteiger partial charge on any atom is 0.306 e. The lowest BCUT2D eigenvalue weighted by Gasteiger charge is -2.36. The molecule has 1 fully saturated rings. The largest absolute Gasteiger partial charge is 0.490 e. The first-order valence-corrected chi connectivity index (χ1v) is 11.9. The second-order valence-corrected chi connectivity index (χ2v) is 8.38. The van der Waals surface area contributed by atoms with E-state index >= 15 is 0 Å². The summed E-state index contributed by atoms with van der Waals surface area (Å²) in [6.07, 6.45) is 1.66. The van der Waals surface area contributed by atoms with Crippen molar-refractivity contribution in [3.05, 3.63) is 59.4 Å². The number of halogens is 1. The van der Waals surface area contributed by atoms with Gasteiger partial charge in [0, 0.05) is 19.2 Å². The van der Waals surface area contributed by atoms with Gasteiger partial charge in [-0.2, -0.15) is 5.26 Å². The Balaban J connectivity index is 1.60. The van der Waals surface area contributed by atoms with Crippen molar-refractivity contribution in [2.45, 2.75) is 39.0 Å². The van der Waals surface area contributed by atoms with E-state index in [1.165, 1.54) is 12.1 Å². The number of rotatable bonds is 10. The summed E-state index contributed by atoms with van der Waals surface area (Å²) in [4.78, 5) is 26.8. The topological polar surface area (TPSA) is 88.9 Å². The third kappa shape index (κ3) is 7.19. The molecule has 0 N–H and O–H groups in total. The Morgan fingerprint density at radius 1 is 1.06 bits per heavy atom. The Morgan fingerprint density at radius 2 is 1.77 bits per heavy atom. The lowest BCUT2D eigenvalue weighted by molar-refractivity contribution is -0.144. The van der Waals surface area contributed by atoms with Crippen molar-refractivity contribution in [1.29, 1.82) is 5.26 Å². The maximum atomic E-state index is 13.4. The Labute approximate surface area is 205 Å². The van der Waals surface area contributed by atoms with Crippen LogP contribution in [0.4, 0.5) is 4.39 Å². The van der Waals surface area contributed by atoms with E-state index < -0.39 is 0 Å². The number of nitrogens with zero attached hydrogens (tertiary/aromatic N) is 2. The molecule has 1 amide bonds. The van der Waals surface area contributed by atoms with Crippen molar-refractivity contribution in [2.75, 3.05) is 32.9 Å². The molecule has 0 radical (unpaired) electrons. The van der Waals surface area contributed by atoms with E-state index in [1.54, 1.807) is 42.2 Å². The van der Waals surface area contributed by atoms with E-state index in [0.717, 1.165) is 5.56 Å². The van der Waals surface area contributed by atoms with Crippen molar-refractivity contribution < 1.29 is 28.2 Å². The average molecular weight is 483 g/mol. The number of esters is 1. The third-order valence-electron chi connectivity index (χ3n) is 6.18. The fraction of sp³-hybridized carbons (Fsp3) is 0.444. The third-order valence-corrected chi connectivity index (χ3v) is 6.18. The van der Waals surface area contributed by atoms with Crippen LogP contribution < -0.4 is 9.47 Å². The summed E-state index contributed by atoms with van der Waals surface area (Å²) < 4.78 is 29.9. The monoisotopic (exact) mass is 482 g/mol. The van der Waals surface area contributed by atoms with Gasteiger partial charge in [0.2, 0.25) is 0 Å². The van der Waals surface area contributed by atoms with Crippen LogP contribution in [0.1, 0.15) is 50.2 Å². The van der Waals surface area contributed by atoms with Gasteiger partial charge in [-0.1, -0.05) is 12.1 Å². The van der Waals surface area contributed by atoms with Gasteiger partial charge in [0.1, 0.15) is 5.82 Å². The number of benzene rings is 2. The van der Waals surface area contributed by atoms with Crippen LogP contribution in [-0.4, -0.2) is 49.7 Å². The van der Waals surface area contributed by atoms with Gasteiger partial charge in [-0.05, 0) is 68.4 Å². The van der Waals surface area contributed by atoms with Gasteiger partial charge in [0.05, 0.1) is 31.3 Å². The van der Waals surface area contributed by atoms with Gasteiger partial charge in [-0.25, -0.2) is 4.39 Å². The molecule has 0 aliphatic carbocycles. The predicted molar refractivity (Wildman–Crippen MR) is 128 cm³/mol. The van der Waals surface area contributed by atoms with Gasteiger partial charge in [0.15, 0.2) is 18.1 Å². The Kier molecular flexibility index (Phi) is 9.47. The van der Waals surface area contributed by atoms with Crippen LogP contribution in [0, 0.1) is 23.1 Å². The Morgan fingerprint density at radius 3 is 2.40 bits per heavy atom. The van der Waals surface area contributed by atoms with Gasteiger partial charge in [0.25, 0.3) is 5.91 Å². The van der Waals surface area contributed by atoms with Gasteiger partial charge in [-0.3, -0.25) is 9.59 Å². The number of likely N-dealkylation sites (tertiary alicyclic amines) is 1. The van der Waals surface area contributed by atoms with E-state index in [9.17, 15) is 14.0 Å². The molecule has 1 heterocycles. The minimum absolute atomic E-state index is 0.101. The molecule has 2 aromatic carbocycles. The number of piperidine rings is 1. The lowest BCUT2D eigenvalue weighted by Crippen LogP contribution is -2.42. The molecule has 0 saturated carbocycles. The normalized spacial score (nSPS) is 14.6. The highest BCUT2D eigenvalue weighted by Crippen LogP contribution is 2.36. The highest BCUT2D eigenvalue weighted by atomic mass is 19.1. The van der Waals surface area contributed by atoms with E-state index in [2.05, 4.69) is 6.07 Å². The molecule has 1 aliphatic rings. The standard InChI is InChI=1S/C27H31FN2O5/c1-3-33-25-15-19(17-29)5-10-24(25)35-18-26(31)30-13-11-21(12-14-30)23(16-27(32)34-4-2)20-6-8-22(28)9-7-20/h5-10,15,21,23H,3-4,11-14,16,18H2,1-2H3. The number of hydrogen-bond donors (Lipinski definition) is 0. The van der Waals surface area contributed by atoms with Crippen LogP contribution in [0.15, 0.2) is 42.5 Å². The number of carbonyl (C=O) groups is 2. The Bertz CT molecular complexity index is 1040. The molecule has 0 aromatic heterocycles. The van der Waals surface area contributed by atoms with Crippen molar-refractivity contribution in [1.82, 2.24) is 4.90 Å². The molecule has 1 unspecified atom stereocenters. The fourth-order valence-corrected chi connectivity index (χ4v) is 4.41. The zero-order valence-corrected chi connectivity index (χ0v) is 20.2. The van der Waals surface area contributed by atoms with Crippen molar-refractivity contribution in [3.8, 4) is 17.6 Å². The highest BCUT2D eigenvalue weighted by molar-refractivity contribution is 5.78. The second kappa shape index (κ2) is 12.7. The van der Waals surface area contributed by atoms with Crippen LogP contribution in [0.2, 0.25) is 0 Å². The summed E-state index contributed by atoms with van der Waals surface area (Å²) in [5.74, 6) is 0.173. The van der Waals surface area contributed by atoms with E-state index in [-0.39, 0.29) is 42.6 Å². The SMILES string of the molecule is CCOC(=O)CC(c1ccc(F)cc1)C1CCN(C(=O)COc2ccc(C#N)cc2OCC)CC1. The average Bonchev–Trinajstić information content (AvgIpc) is 2.87. The number of nitriles is 1. The molecular formula is C27H31FN2O5. The number of ether oxygens (including phenoxy) is 3. The molecule has 1 aliphatic heterocycles. The zero-order chi connectivity index (χ0) is 25.2. The number of carbonyl (C=O) groups excluding carboxylic acids is 2. The van der Waals surface area contributed by atoms with Gasteiger partial charge < -0.3 is 19.1 Å². The molecule has 3 rings (SSSR count). The minimum atomic E-state index is -0.321. The van der Waals surface area contributed by atoms with E-state index in [4.69, 9.17) is 19.5 Å². The fourth-order valence-electron chi connectivity index (χ4n) is 4.41. The van der Waals surface area contributed by atoms with Crippen LogP contribution in [0.5, 0.6) is 11.5 Å². The first kappa shape index (κ1) is 26.0. The smallest absolute Gasteiger partial charge is 0.306 e. The minimum Gasteiger partial charge on any atom is -0.490 e. The molecule has 1 saturated heterocycles. The lowest BCUT2D eigenvalue weighted by atomic mass is 9.78. The number of amides is 1. The summed E-state index contributed by atoms with van der Waals surface area (Å²) in [5, 5.41) is 9.08. The van der Waals surface area contributed by atoms with Crippen LogP contribution in [-0.2, 0) is 14.3 Å². The van der Waals surface area contributed by atoms with Crippen LogP contribution >= 0.6 is 0 Å². The van der Waals surface area contributed by atoms with Crippen LogP contribution in [0.3, 0.4) is 0 Å². The quantitative estimate of drug-likeness (QED) is 0.465. The molecule has 0 spiro atoms. The molecule has 7 nitrogen and oxygen atoms in total. The molecule has 186 valence electrons. The van der Waals surface area contributed by atoms with E-state index in [0.29, 0.717) is 56.2 Å². The van der Waals surface area contributed by atoms with Crippen LogP contribution in [0.25, 0.3) is 0 Å². The second-order valence-electron chi connectivity index (χ2n) is 8.38. The zero-order valence-electron chi connectivity index (χ0n) is 20.2. The summed E-state index contributed by atoms with van der Waals surface area (Å²) in [6.45, 7) is 5.27. The molecule has 2 aromatic rings. The molecule has 8 heteroatoms. The maximum absolute atomic E-state index is 13.4. The summed E-state index contributed by atoms with van der Waals surface area (Å²) >= 11 is 0. The van der Waals surface area contributed by atoms with Crippen molar-refractivity contribution in [2.24, 2.45) is 5.92 Å². The number of hydrogen-bond acceptors (Lipinski definition) is 6. The highest BCUT2D eigenvalue weighted by Gasteiger charge is 2.31. The summed E-state index contributed by atoms with van der Waals surface area (Å²) in [5.41, 5.74) is 1.35. The van der Waals surface area contributed by atoms with Crippen molar-refractivity contribution in [3.63, 3.8) is 0 Å². The molecular weight excluding hydrogens is 451 g/mol. The predicted octanol–water partition coefficient (Wildman–Crippen LogP) is 4.45. The molecule has 0 bridgehead atoms. The molecule has 35 heavy (non-hydrogen) atoms. The van der Waals surface area contributed by atoms with Gasteiger partial charge >= 0.3 is 5.97 Å². The van der Waals surface area contributed by atoms with Crippen molar-refractivity contribution >= 4 is 11.9 Å².